The topological polar surface area (TPSA) is 0 Å². The van der Waals surface area contributed by atoms with Crippen LogP contribution in [-0.2, 0) is 0 Å². The van der Waals surface area contributed by atoms with Gasteiger partial charge in [-0.25, -0.2) is 0 Å². The molecular weight excluding hydrogens is 801 g/mol. The van der Waals surface area contributed by atoms with Crippen LogP contribution in [0.5, 0.6) is 0 Å². The van der Waals surface area contributed by atoms with Crippen molar-refractivity contribution < 1.29 is 0 Å². The smallest absolute Gasteiger partial charge is 0.0398 e. The predicted molar refractivity (Wildman–Crippen MR) is 266 cm³/mol. The number of benzene rings is 8. The highest BCUT2D eigenvalue weighted by atomic mass is 32.2. The number of hydrogen-bond acceptors (Lipinski definition) is 4. The van der Waals surface area contributed by atoms with Gasteiger partial charge in [-0.1, -0.05) is 158 Å². The molecule has 1 aliphatic rings. The van der Waals surface area contributed by atoms with Gasteiger partial charge in [0.2, 0.25) is 0 Å². The summed E-state index contributed by atoms with van der Waals surface area (Å²) >= 11 is 7.91. The highest BCUT2D eigenvalue weighted by Crippen LogP contribution is 2.54. The first-order valence-corrected chi connectivity index (χ1v) is 24.1. The van der Waals surface area contributed by atoms with Gasteiger partial charge in [0.15, 0.2) is 0 Å². The predicted octanol–water partition coefficient (Wildman–Crippen LogP) is 18.1. The molecule has 12 rings (SSSR count). The molecule has 1 fully saturated rings. The zero-order valence-corrected chi connectivity index (χ0v) is 35.9. The third-order valence-electron chi connectivity index (χ3n) is 12.2. The first-order chi connectivity index (χ1) is 29.7. The van der Waals surface area contributed by atoms with Gasteiger partial charge in [-0.05, 0) is 105 Å². The lowest BCUT2D eigenvalue weighted by atomic mass is 9.99. The Morgan fingerprint density at radius 2 is 0.683 bits per heavy atom. The standard InChI is InChI=1S/C56H38S4/c1-3-7-35(8-4-1)41-19-23-45-47-25-21-43(33-55(47)59-53(45)31-41)37-11-15-39(16-12-37)49-27-29-51(57-49)52-30-28-50(58-52)40-17-13-38(14-18-40)44-22-26-48-46-24-20-42(36-9-5-2-6-10-36)32-54(46)60-56(48)34-44/h1-27,29,31-34,50,52H,28,30H2. The van der Waals surface area contributed by atoms with Gasteiger partial charge in [0, 0.05) is 60.6 Å². The van der Waals surface area contributed by atoms with Gasteiger partial charge in [-0.15, -0.1) is 45.8 Å². The summed E-state index contributed by atoms with van der Waals surface area (Å²) in [7, 11) is 0. The lowest BCUT2D eigenvalue weighted by Crippen LogP contribution is -1.88. The third kappa shape index (κ3) is 6.60. The molecule has 1 saturated heterocycles. The molecule has 0 bridgehead atoms. The summed E-state index contributed by atoms with van der Waals surface area (Å²) in [4.78, 5) is 2.85. The van der Waals surface area contributed by atoms with Crippen LogP contribution in [-0.4, -0.2) is 0 Å². The van der Waals surface area contributed by atoms with Crippen molar-refractivity contribution in [2.75, 3.05) is 0 Å². The van der Waals surface area contributed by atoms with Crippen LogP contribution in [0.15, 0.2) is 194 Å². The SMILES string of the molecule is c1ccc(-c2ccc3c(c2)sc2cc(-c4ccc(-c5ccc(C6CCC(c7ccc(-c8ccc9c(c8)sc8cc(-c%10ccccc%10)ccc89)cc7)S6)s5)cc4)ccc23)cc1. The van der Waals surface area contributed by atoms with Crippen molar-refractivity contribution in [3.8, 4) is 54.9 Å². The number of thioether (sulfide) groups is 1. The second-order valence-corrected chi connectivity index (χ2v) is 20.6. The molecule has 0 spiro atoms. The summed E-state index contributed by atoms with van der Waals surface area (Å²) in [6.45, 7) is 0. The molecule has 2 unspecified atom stereocenters. The minimum Gasteiger partial charge on any atom is -0.145 e. The van der Waals surface area contributed by atoms with E-state index in [9.17, 15) is 0 Å². The van der Waals surface area contributed by atoms with Crippen molar-refractivity contribution in [2.45, 2.75) is 23.3 Å². The molecule has 11 aromatic rings. The normalized spacial score (nSPS) is 15.5. The van der Waals surface area contributed by atoms with Crippen LogP contribution in [0.2, 0.25) is 0 Å². The van der Waals surface area contributed by atoms with Crippen LogP contribution < -0.4 is 0 Å². The number of hydrogen-bond donors (Lipinski definition) is 0. The van der Waals surface area contributed by atoms with Crippen LogP contribution in [0.4, 0.5) is 0 Å². The van der Waals surface area contributed by atoms with E-state index in [0.29, 0.717) is 10.5 Å². The number of fused-ring (bicyclic) bond motifs is 6. The van der Waals surface area contributed by atoms with E-state index in [2.05, 4.69) is 206 Å². The maximum atomic E-state index is 2.38. The first kappa shape index (κ1) is 36.1. The molecule has 0 amide bonds. The molecule has 0 N–H and O–H groups in total. The highest BCUT2D eigenvalue weighted by molar-refractivity contribution is 8.00. The van der Waals surface area contributed by atoms with Crippen LogP contribution >= 0.6 is 45.8 Å². The Morgan fingerprint density at radius 3 is 1.15 bits per heavy atom. The molecule has 3 aromatic heterocycles. The van der Waals surface area contributed by atoms with Crippen molar-refractivity contribution >= 4 is 86.1 Å². The van der Waals surface area contributed by atoms with Crippen molar-refractivity contribution in [1.82, 2.24) is 0 Å². The molecule has 4 heterocycles. The minimum atomic E-state index is 0.530. The lowest BCUT2D eigenvalue weighted by Gasteiger charge is -2.12. The van der Waals surface area contributed by atoms with Gasteiger partial charge in [0.05, 0.1) is 0 Å². The summed E-state index contributed by atoms with van der Waals surface area (Å²) in [5.74, 6) is 0. The summed E-state index contributed by atoms with van der Waals surface area (Å²) < 4.78 is 5.37. The Bertz CT molecular complexity index is 3330. The summed E-state index contributed by atoms with van der Waals surface area (Å²) in [6, 6.07) is 72.4. The van der Waals surface area contributed by atoms with Crippen LogP contribution in [0.25, 0.3) is 95.3 Å². The quantitative estimate of drug-likeness (QED) is 0.154. The molecule has 0 saturated carbocycles. The molecule has 0 aliphatic carbocycles. The molecule has 2 atom stereocenters. The Kier molecular flexibility index (Phi) is 9.07. The Hall–Kier alpha value is -5.75. The van der Waals surface area contributed by atoms with E-state index in [1.165, 1.54) is 119 Å². The van der Waals surface area contributed by atoms with Crippen LogP contribution in [0.3, 0.4) is 0 Å². The fraction of sp³-hybridized carbons (Fsp3) is 0.0714. The largest absolute Gasteiger partial charge is 0.145 e. The second-order valence-electron chi connectivity index (χ2n) is 15.9. The first-order valence-electron chi connectivity index (χ1n) is 20.7. The molecule has 1 aliphatic heterocycles. The van der Waals surface area contributed by atoms with Crippen LogP contribution in [0, 0.1) is 0 Å². The lowest BCUT2D eigenvalue weighted by molar-refractivity contribution is 0.771. The molecule has 286 valence electrons. The molecule has 0 radical (unpaired) electrons. The average Bonchev–Trinajstić information content (AvgIpc) is 4.14. The number of thiophene rings is 3. The van der Waals surface area contributed by atoms with E-state index in [4.69, 9.17) is 0 Å². The zero-order chi connectivity index (χ0) is 39.6. The summed E-state index contributed by atoms with van der Waals surface area (Å²) in [5.41, 5.74) is 12.9. The average molecular weight is 839 g/mol. The molecular formula is C56H38S4. The fourth-order valence-electron chi connectivity index (χ4n) is 9.02. The zero-order valence-electron chi connectivity index (χ0n) is 32.7. The highest BCUT2D eigenvalue weighted by Gasteiger charge is 2.29. The summed E-state index contributed by atoms with van der Waals surface area (Å²) in [6.07, 6.45) is 2.44. The van der Waals surface area contributed by atoms with Crippen molar-refractivity contribution in [2.24, 2.45) is 0 Å². The maximum Gasteiger partial charge on any atom is 0.0398 e. The third-order valence-corrected chi connectivity index (χ3v) is 17.5. The van der Waals surface area contributed by atoms with E-state index in [0.717, 1.165) is 0 Å². The van der Waals surface area contributed by atoms with E-state index in [1.54, 1.807) is 0 Å². The molecule has 60 heavy (non-hydrogen) atoms. The minimum absolute atomic E-state index is 0.530. The van der Waals surface area contributed by atoms with Crippen molar-refractivity contribution in [1.29, 1.82) is 0 Å². The van der Waals surface area contributed by atoms with Gasteiger partial charge >= 0.3 is 0 Å². The van der Waals surface area contributed by atoms with Crippen LogP contribution in [0.1, 0.15) is 33.8 Å². The van der Waals surface area contributed by atoms with E-state index < -0.39 is 0 Å². The Morgan fingerprint density at radius 1 is 0.300 bits per heavy atom. The monoisotopic (exact) mass is 838 g/mol. The van der Waals surface area contributed by atoms with Gasteiger partial charge < -0.3 is 0 Å². The van der Waals surface area contributed by atoms with E-state index >= 15 is 0 Å². The van der Waals surface area contributed by atoms with Crippen molar-refractivity contribution in [3.05, 3.63) is 205 Å². The summed E-state index contributed by atoms with van der Waals surface area (Å²) in [5, 5.41) is 6.44. The second kappa shape index (κ2) is 15.1. The van der Waals surface area contributed by atoms with Gasteiger partial charge in [-0.2, -0.15) is 0 Å². The van der Waals surface area contributed by atoms with Gasteiger partial charge in [-0.3, -0.25) is 0 Å². The van der Waals surface area contributed by atoms with Crippen molar-refractivity contribution in [3.63, 3.8) is 0 Å². The van der Waals surface area contributed by atoms with E-state index in [1.807, 2.05) is 34.0 Å². The number of rotatable bonds is 7. The van der Waals surface area contributed by atoms with Gasteiger partial charge in [0.25, 0.3) is 0 Å². The van der Waals surface area contributed by atoms with Gasteiger partial charge in [0.1, 0.15) is 0 Å². The van der Waals surface area contributed by atoms with E-state index in [-0.39, 0.29) is 0 Å². The Labute approximate surface area is 366 Å². The molecule has 8 aromatic carbocycles. The fourth-order valence-corrected chi connectivity index (χ4v) is 14.2. The molecule has 0 nitrogen and oxygen atoms in total. The maximum absolute atomic E-state index is 2.38. The molecule has 4 heteroatoms. The Balaban J connectivity index is 0.719.